The molecule has 6 nitrogen and oxygen atoms in total. The first-order valence-corrected chi connectivity index (χ1v) is 5.69. The molecule has 0 fully saturated rings. The van der Waals surface area contributed by atoms with Gasteiger partial charge in [0.05, 0.1) is 5.38 Å². The molecule has 0 aliphatic rings. The van der Waals surface area contributed by atoms with Crippen LogP contribution in [0.1, 0.15) is 20.8 Å². The Morgan fingerprint density at radius 2 is 2.29 bits per heavy atom. The number of rotatable bonds is 3. The van der Waals surface area contributed by atoms with Crippen molar-refractivity contribution in [3.63, 3.8) is 0 Å². The van der Waals surface area contributed by atoms with Crippen molar-refractivity contribution < 1.29 is 0 Å². The Hall–Kier alpha value is -1.56. The van der Waals surface area contributed by atoms with Crippen molar-refractivity contribution in [2.24, 2.45) is 0 Å². The average Bonchev–Trinajstić information content (AvgIpc) is 2.59. The van der Waals surface area contributed by atoms with E-state index < -0.39 is 0 Å². The van der Waals surface area contributed by atoms with Crippen molar-refractivity contribution in [1.82, 2.24) is 19.6 Å². The number of H-pyrrole nitrogens is 1. The van der Waals surface area contributed by atoms with Crippen LogP contribution in [-0.4, -0.2) is 30.5 Å². The summed E-state index contributed by atoms with van der Waals surface area (Å²) in [5.74, 6) is 0.633. The lowest BCUT2D eigenvalue weighted by atomic mass is 10.0. The molecule has 17 heavy (non-hydrogen) atoms. The highest BCUT2D eigenvalue weighted by molar-refractivity contribution is 6.21. The highest BCUT2D eigenvalue weighted by atomic mass is 35.5. The fourth-order valence-electron chi connectivity index (χ4n) is 1.31. The normalized spacial score (nSPS) is 13.9. The molecule has 2 aromatic rings. The Bertz CT molecular complexity index is 586. The maximum atomic E-state index is 11.2. The summed E-state index contributed by atoms with van der Waals surface area (Å²) in [7, 11) is 0. The van der Waals surface area contributed by atoms with E-state index in [9.17, 15) is 4.79 Å². The number of nitrogens with one attached hydrogen (secondary N) is 2. The minimum absolute atomic E-state index is 0.0677. The Morgan fingerprint density at radius 1 is 1.59 bits per heavy atom. The number of hydrogen-bond acceptors (Lipinski definition) is 4. The lowest BCUT2D eigenvalue weighted by molar-refractivity contribution is 0.552. The van der Waals surface area contributed by atoms with E-state index in [1.807, 2.05) is 20.8 Å². The Morgan fingerprint density at radius 3 is 2.94 bits per heavy atom. The molecule has 0 bridgehead atoms. The molecule has 1 unspecified atom stereocenters. The smallest absolute Gasteiger partial charge is 0.348 e. The molecule has 1 atom stereocenters. The number of anilines is 1. The van der Waals surface area contributed by atoms with Crippen molar-refractivity contribution in [3.05, 3.63) is 22.9 Å². The first-order valence-electron chi connectivity index (χ1n) is 5.25. The number of halogens is 1. The lowest BCUT2D eigenvalue weighted by Crippen LogP contribution is -2.39. The Balaban J connectivity index is 2.34. The van der Waals surface area contributed by atoms with Gasteiger partial charge in [0.2, 0.25) is 0 Å². The SMILES string of the molecule is CC(Cl)C(C)(C)Nc1cc2n[nH]c(=O)n2cn1. The Kier molecular flexibility index (Phi) is 2.82. The maximum Gasteiger partial charge on any atom is 0.348 e. The summed E-state index contributed by atoms with van der Waals surface area (Å²) in [6.45, 7) is 5.87. The molecule has 0 aromatic carbocycles. The predicted octanol–water partition coefficient (Wildman–Crippen LogP) is 1.24. The fraction of sp³-hybridized carbons (Fsp3) is 0.500. The molecule has 7 heteroatoms. The number of fused-ring (bicyclic) bond motifs is 1. The highest BCUT2D eigenvalue weighted by Gasteiger charge is 2.24. The fourth-order valence-corrected chi connectivity index (χ4v) is 1.36. The summed E-state index contributed by atoms with van der Waals surface area (Å²) >= 11 is 6.07. The van der Waals surface area contributed by atoms with Gasteiger partial charge in [0, 0.05) is 11.6 Å². The number of nitrogens with zero attached hydrogens (tertiary/aromatic N) is 3. The third kappa shape index (κ3) is 2.26. The van der Waals surface area contributed by atoms with E-state index >= 15 is 0 Å². The van der Waals surface area contributed by atoms with E-state index in [0.717, 1.165) is 0 Å². The van der Waals surface area contributed by atoms with Crippen molar-refractivity contribution in [1.29, 1.82) is 0 Å². The van der Waals surface area contributed by atoms with Crippen LogP contribution in [0.2, 0.25) is 0 Å². The van der Waals surface area contributed by atoms with Crippen LogP contribution >= 0.6 is 11.6 Å². The molecule has 2 rings (SSSR count). The molecule has 0 saturated carbocycles. The highest BCUT2D eigenvalue weighted by Crippen LogP contribution is 2.20. The van der Waals surface area contributed by atoms with Crippen LogP contribution < -0.4 is 11.0 Å². The largest absolute Gasteiger partial charge is 0.364 e. The number of aromatic nitrogens is 4. The van der Waals surface area contributed by atoms with E-state index in [-0.39, 0.29) is 16.6 Å². The van der Waals surface area contributed by atoms with Gasteiger partial charge in [-0.15, -0.1) is 11.6 Å². The Labute approximate surface area is 103 Å². The molecule has 2 aromatic heterocycles. The summed E-state index contributed by atoms with van der Waals surface area (Å²) in [5.41, 5.74) is -0.0849. The minimum atomic E-state index is -0.302. The second kappa shape index (κ2) is 4.03. The molecule has 0 aliphatic carbocycles. The summed E-state index contributed by atoms with van der Waals surface area (Å²) < 4.78 is 1.34. The summed E-state index contributed by atoms with van der Waals surface area (Å²) in [6, 6.07) is 1.69. The van der Waals surface area contributed by atoms with Gasteiger partial charge in [-0.2, -0.15) is 5.10 Å². The zero-order chi connectivity index (χ0) is 12.6. The molecule has 2 heterocycles. The third-order valence-electron chi connectivity index (χ3n) is 2.75. The van der Waals surface area contributed by atoms with Crippen LogP contribution in [0.25, 0.3) is 5.65 Å². The first-order chi connectivity index (χ1) is 7.90. The molecule has 92 valence electrons. The monoisotopic (exact) mass is 255 g/mol. The molecular formula is C10H14ClN5O. The van der Waals surface area contributed by atoms with Gasteiger partial charge < -0.3 is 5.32 Å². The standard InChI is InChI=1S/C10H14ClN5O/c1-6(11)10(2,3)13-7-4-8-14-15-9(17)16(8)5-12-7/h4-6,13H,1-3H3,(H,15,17). The van der Waals surface area contributed by atoms with E-state index in [1.165, 1.54) is 10.7 Å². The second-order valence-corrected chi connectivity index (χ2v) is 5.15. The summed E-state index contributed by atoms with van der Waals surface area (Å²) in [6.07, 6.45) is 1.43. The third-order valence-corrected chi connectivity index (χ3v) is 3.30. The van der Waals surface area contributed by atoms with E-state index in [0.29, 0.717) is 11.5 Å². The molecule has 0 radical (unpaired) electrons. The molecule has 0 aliphatic heterocycles. The second-order valence-electron chi connectivity index (χ2n) is 4.49. The first kappa shape index (κ1) is 11.9. The van der Waals surface area contributed by atoms with E-state index in [1.54, 1.807) is 6.07 Å². The van der Waals surface area contributed by atoms with Crippen LogP contribution in [0.4, 0.5) is 5.82 Å². The van der Waals surface area contributed by atoms with Crippen LogP contribution in [0.15, 0.2) is 17.2 Å². The predicted molar refractivity (Wildman–Crippen MR) is 66.6 cm³/mol. The van der Waals surface area contributed by atoms with Crippen LogP contribution in [-0.2, 0) is 0 Å². The van der Waals surface area contributed by atoms with Crippen LogP contribution in [0.3, 0.4) is 0 Å². The van der Waals surface area contributed by atoms with Gasteiger partial charge in [0.1, 0.15) is 12.1 Å². The van der Waals surface area contributed by atoms with Gasteiger partial charge in [-0.1, -0.05) is 0 Å². The number of hydrogen-bond donors (Lipinski definition) is 2. The van der Waals surface area contributed by atoms with Crippen molar-refractivity contribution in [2.45, 2.75) is 31.7 Å². The van der Waals surface area contributed by atoms with Gasteiger partial charge in [-0.05, 0) is 20.8 Å². The zero-order valence-corrected chi connectivity index (χ0v) is 10.6. The van der Waals surface area contributed by atoms with Gasteiger partial charge >= 0.3 is 5.69 Å². The minimum Gasteiger partial charge on any atom is -0.364 e. The van der Waals surface area contributed by atoms with Crippen molar-refractivity contribution in [3.8, 4) is 0 Å². The van der Waals surface area contributed by atoms with Crippen molar-refractivity contribution >= 4 is 23.1 Å². The number of alkyl halides is 1. The van der Waals surface area contributed by atoms with Crippen LogP contribution in [0, 0.1) is 0 Å². The van der Waals surface area contributed by atoms with Gasteiger partial charge in [-0.25, -0.2) is 19.3 Å². The summed E-state index contributed by atoms with van der Waals surface area (Å²) in [4.78, 5) is 15.4. The average molecular weight is 256 g/mol. The molecular weight excluding hydrogens is 242 g/mol. The zero-order valence-electron chi connectivity index (χ0n) is 9.86. The molecule has 0 saturated heterocycles. The lowest BCUT2D eigenvalue weighted by Gasteiger charge is -2.29. The van der Waals surface area contributed by atoms with Gasteiger partial charge in [0.25, 0.3) is 0 Å². The maximum absolute atomic E-state index is 11.2. The van der Waals surface area contributed by atoms with E-state index in [4.69, 9.17) is 11.6 Å². The quantitative estimate of drug-likeness (QED) is 0.809. The molecule has 2 N–H and O–H groups in total. The van der Waals surface area contributed by atoms with Gasteiger partial charge in [0.15, 0.2) is 5.65 Å². The molecule has 0 spiro atoms. The summed E-state index contributed by atoms with van der Waals surface area (Å²) in [5, 5.41) is 9.36. The topological polar surface area (TPSA) is 75.1 Å². The number of aromatic amines is 1. The molecule has 0 amide bonds. The van der Waals surface area contributed by atoms with E-state index in [2.05, 4.69) is 20.5 Å². The van der Waals surface area contributed by atoms with Crippen LogP contribution in [0.5, 0.6) is 0 Å². The van der Waals surface area contributed by atoms with Crippen molar-refractivity contribution in [2.75, 3.05) is 5.32 Å². The van der Waals surface area contributed by atoms with Gasteiger partial charge in [-0.3, -0.25) is 0 Å².